The minimum atomic E-state index is -4.63. The number of carbonyl (C=O) groups is 1. The van der Waals surface area contributed by atoms with Crippen molar-refractivity contribution in [2.24, 2.45) is 5.92 Å². The zero-order valence-corrected chi connectivity index (χ0v) is 18.2. The normalized spacial score (nSPS) is 15.5. The van der Waals surface area contributed by atoms with Crippen molar-refractivity contribution in [1.29, 1.82) is 0 Å². The number of likely N-dealkylation sites (tertiary alicyclic amines) is 1. The summed E-state index contributed by atoms with van der Waals surface area (Å²) in [7, 11) is 0. The average molecular weight is 445 g/mol. The van der Waals surface area contributed by atoms with Crippen LogP contribution in [-0.2, 0) is 23.8 Å². The Kier molecular flexibility index (Phi) is 6.17. The van der Waals surface area contributed by atoms with E-state index in [2.05, 4.69) is 27.2 Å². The van der Waals surface area contributed by atoms with Crippen LogP contribution in [0.5, 0.6) is 0 Å². The Bertz CT molecular complexity index is 1100. The molecule has 0 radical (unpaired) electrons. The fourth-order valence-corrected chi connectivity index (χ4v) is 4.41. The first-order chi connectivity index (χ1) is 15.2. The number of hydrogen-bond donors (Lipinski definition) is 0. The molecular formula is C23H26F3N5O. The lowest BCUT2D eigenvalue weighted by molar-refractivity contribution is -0.144. The topological polar surface area (TPSA) is 63.4 Å². The van der Waals surface area contributed by atoms with E-state index in [1.807, 2.05) is 23.1 Å². The number of carbonyl (C=O) groups excluding carboxylic acids is 1. The molecule has 1 aliphatic rings. The SMILES string of the molecule is Cc1nc2nc(C(F)(F)F)nn2c(C)c1CCC(=O)N1CCC(Cc2ccccc2)CC1. The molecule has 32 heavy (non-hydrogen) atoms. The van der Waals surface area contributed by atoms with Gasteiger partial charge in [-0.2, -0.15) is 18.2 Å². The molecule has 3 heterocycles. The van der Waals surface area contributed by atoms with Crippen LogP contribution in [0.15, 0.2) is 30.3 Å². The molecule has 4 rings (SSSR count). The minimum absolute atomic E-state index is 0.0663. The number of benzene rings is 1. The van der Waals surface area contributed by atoms with Gasteiger partial charge in [0.1, 0.15) is 0 Å². The second-order valence-corrected chi connectivity index (χ2v) is 8.42. The summed E-state index contributed by atoms with van der Waals surface area (Å²) in [5, 5.41) is 3.57. The molecule has 0 spiro atoms. The Morgan fingerprint density at radius 3 is 2.44 bits per heavy atom. The average Bonchev–Trinajstić information content (AvgIpc) is 3.19. The van der Waals surface area contributed by atoms with E-state index in [-0.39, 0.29) is 11.7 Å². The van der Waals surface area contributed by atoms with Crippen LogP contribution in [0.4, 0.5) is 13.2 Å². The van der Waals surface area contributed by atoms with Gasteiger partial charge in [-0.15, -0.1) is 5.10 Å². The summed E-state index contributed by atoms with van der Waals surface area (Å²) in [5.41, 5.74) is 3.17. The van der Waals surface area contributed by atoms with Crippen LogP contribution in [0.25, 0.3) is 5.78 Å². The van der Waals surface area contributed by atoms with E-state index in [0.29, 0.717) is 30.1 Å². The van der Waals surface area contributed by atoms with Crippen molar-refractivity contribution in [1.82, 2.24) is 24.5 Å². The van der Waals surface area contributed by atoms with E-state index in [1.54, 1.807) is 13.8 Å². The zero-order chi connectivity index (χ0) is 22.9. The smallest absolute Gasteiger partial charge is 0.343 e. The molecule has 3 aromatic rings. The number of aromatic nitrogens is 4. The molecule has 2 aromatic heterocycles. The van der Waals surface area contributed by atoms with E-state index in [9.17, 15) is 18.0 Å². The first-order valence-electron chi connectivity index (χ1n) is 10.8. The number of nitrogens with zero attached hydrogens (tertiary/aromatic N) is 5. The highest BCUT2D eigenvalue weighted by atomic mass is 19.4. The van der Waals surface area contributed by atoms with Crippen molar-refractivity contribution < 1.29 is 18.0 Å². The number of aryl methyl sites for hydroxylation is 2. The Labute approximate surface area is 184 Å². The molecule has 0 atom stereocenters. The zero-order valence-electron chi connectivity index (χ0n) is 18.2. The summed E-state index contributed by atoms with van der Waals surface area (Å²) >= 11 is 0. The fraction of sp³-hybridized carbons (Fsp3) is 0.478. The monoisotopic (exact) mass is 445 g/mol. The summed E-state index contributed by atoms with van der Waals surface area (Å²) in [5.74, 6) is -0.647. The fourth-order valence-electron chi connectivity index (χ4n) is 4.41. The van der Waals surface area contributed by atoms with Gasteiger partial charge in [-0.25, -0.2) is 9.50 Å². The lowest BCUT2D eigenvalue weighted by Gasteiger charge is -2.32. The van der Waals surface area contributed by atoms with E-state index < -0.39 is 12.0 Å². The minimum Gasteiger partial charge on any atom is -0.343 e. The Hall–Kier alpha value is -2.97. The number of rotatable bonds is 5. The molecule has 0 aliphatic carbocycles. The van der Waals surface area contributed by atoms with Crippen LogP contribution in [0, 0.1) is 19.8 Å². The number of amides is 1. The van der Waals surface area contributed by atoms with Gasteiger partial charge in [0.25, 0.3) is 11.6 Å². The first-order valence-corrected chi connectivity index (χ1v) is 10.8. The van der Waals surface area contributed by atoms with Crippen LogP contribution < -0.4 is 0 Å². The van der Waals surface area contributed by atoms with E-state index in [1.165, 1.54) is 5.56 Å². The molecule has 1 fully saturated rings. The second kappa shape index (κ2) is 8.88. The van der Waals surface area contributed by atoms with Gasteiger partial charge in [0.2, 0.25) is 5.91 Å². The van der Waals surface area contributed by atoms with E-state index in [0.717, 1.165) is 42.4 Å². The lowest BCUT2D eigenvalue weighted by Crippen LogP contribution is -2.39. The molecule has 9 heteroatoms. The summed E-state index contributed by atoms with van der Waals surface area (Å²) in [6.45, 7) is 4.89. The van der Waals surface area contributed by atoms with Crippen molar-refractivity contribution in [2.45, 2.75) is 52.1 Å². The van der Waals surface area contributed by atoms with Gasteiger partial charge in [0, 0.05) is 30.9 Å². The number of alkyl halides is 3. The van der Waals surface area contributed by atoms with Crippen molar-refractivity contribution >= 4 is 11.7 Å². The third kappa shape index (κ3) is 4.76. The molecule has 0 N–H and O–H groups in total. The van der Waals surface area contributed by atoms with Gasteiger partial charge in [0.15, 0.2) is 0 Å². The van der Waals surface area contributed by atoms with Crippen molar-refractivity contribution in [3.05, 3.63) is 58.7 Å². The summed E-state index contributed by atoms with van der Waals surface area (Å²) < 4.78 is 40.0. The molecule has 1 saturated heterocycles. The third-order valence-electron chi connectivity index (χ3n) is 6.23. The summed E-state index contributed by atoms with van der Waals surface area (Å²) in [4.78, 5) is 22.3. The van der Waals surface area contributed by atoms with Gasteiger partial charge in [-0.1, -0.05) is 30.3 Å². The van der Waals surface area contributed by atoms with Crippen LogP contribution >= 0.6 is 0 Å². The maximum Gasteiger partial charge on any atom is 0.453 e. The molecular weight excluding hydrogens is 419 g/mol. The van der Waals surface area contributed by atoms with E-state index >= 15 is 0 Å². The Morgan fingerprint density at radius 1 is 1.09 bits per heavy atom. The largest absolute Gasteiger partial charge is 0.453 e. The third-order valence-corrected chi connectivity index (χ3v) is 6.23. The van der Waals surface area contributed by atoms with Gasteiger partial charge in [-0.05, 0) is 56.6 Å². The maximum atomic E-state index is 13.0. The van der Waals surface area contributed by atoms with Crippen molar-refractivity contribution in [3.8, 4) is 0 Å². The molecule has 1 amide bonds. The predicted molar refractivity (Wildman–Crippen MR) is 113 cm³/mol. The maximum absolute atomic E-state index is 13.0. The quantitative estimate of drug-likeness (QED) is 0.591. The van der Waals surface area contributed by atoms with Crippen LogP contribution in [-0.4, -0.2) is 43.5 Å². The standard InChI is InChI=1S/C23H26F3N5O/c1-15-19(16(2)31-22(27-15)28-21(29-31)23(24,25)26)8-9-20(32)30-12-10-18(11-13-30)14-17-6-4-3-5-7-17/h3-7,18H,8-14H2,1-2H3. The molecule has 6 nitrogen and oxygen atoms in total. The molecule has 170 valence electrons. The first kappa shape index (κ1) is 22.2. The Balaban J connectivity index is 1.37. The molecule has 0 bridgehead atoms. The van der Waals surface area contributed by atoms with Crippen molar-refractivity contribution in [3.63, 3.8) is 0 Å². The summed E-state index contributed by atoms with van der Waals surface area (Å²) in [6, 6.07) is 10.4. The number of hydrogen-bond acceptors (Lipinski definition) is 4. The highest BCUT2D eigenvalue weighted by Crippen LogP contribution is 2.27. The number of fused-ring (bicyclic) bond motifs is 1. The number of halogens is 3. The van der Waals surface area contributed by atoms with Crippen molar-refractivity contribution in [2.75, 3.05) is 13.1 Å². The molecule has 1 aliphatic heterocycles. The highest BCUT2D eigenvalue weighted by molar-refractivity contribution is 5.76. The van der Waals surface area contributed by atoms with Gasteiger partial charge in [0.05, 0.1) is 0 Å². The van der Waals surface area contributed by atoms with Crippen LogP contribution in [0.2, 0.25) is 0 Å². The van der Waals surface area contributed by atoms with Gasteiger partial charge < -0.3 is 4.90 Å². The lowest BCUT2D eigenvalue weighted by atomic mass is 9.90. The van der Waals surface area contributed by atoms with Crippen LogP contribution in [0.3, 0.4) is 0 Å². The second-order valence-electron chi connectivity index (χ2n) is 8.42. The number of piperidine rings is 1. The summed E-state index contributed by atoms with van der Waals surface area (Å²) in [6.07, 6.45) is -0.942. The highest BCUT2D eigenvalue weighted by Gasteiger charge is 2.37. The molecule has 0 saturated carbocycles. The van der Waals surface area contributed by atoms with Gasteiger partial charge in [-0.3, -0.25) is 4.79 Å². The van der Waals surface area contributed by atoms with Crippen LogP contribution in [0.1, 0.15) is 47.6 Å². The predicted octanol–water partition coefficient (Wildman–Crippen LogP) is 4.17. The van der Waals surface area contributed by atoms with Gasteiger partial charge >= 0.3 is 6.18 Å². The molecule has 0 unspecified atom stereocenters. The van der Waals surface area contributed by atoms with E-state index in [4.69, 9.17) is 0 Å². The Morgan fingerprint density at radius 2 is 1.78 bits per heavy atom. The molecule has 1 aromatic carbocycles.